The summed E-state index contributed by atoms with van der Waals surface area (Å²) < 4.78 is 0. The van der Waals surface area contributed by atoms with Gasteiger partial charge in [0.05, 0.1) is 0 Å². The second-order valence-corrected chi connectivity index (χ2v) is 7.69. The quantitative estimate of drug-likeness (QED) is 0.595. The van der Waals surface area contributed by atoms with Crippen molar-refractivity contribution in [3.05, 3.63) is 48.0 Å². The molecule has 1 N–H and O–H groups in total. The fourth-order valence-corrected chi connectivity index (χ4v) is 4.18. The lowest BCUT2D eigenvalue weighted by Crippen LogP contribution is -2.46. The first-order valence-corrected chi connectivity index (χ1v) is 9.96. The molecule has 24 heavy (non-hydrogen) atoms. The Kier molecular flexibility index (Phi) is 6.71. The summed E-state index contributed by atoms with van der Waals surface area (Å²) in [6, 6.07) is 11.3. The molecule has 1 fully saturated rings. The van der Waals surface area contributed by atoms with Gasteiger partial charge in [-0.25, -0.2) is 0 Å². The van der Waals surface area contributed by atoms with Crippen molar-refractivity contribution in [3.63, 3.8) is 0 Å². The average molecular weight is 343 g/mol. The zero-order valence-corrected chi connectivity index (χ0v) is 15.4. The van der Waals surface area contributed by atoms with Gasteiger partial charge in [0.2, 0.25) is 0 Å². The summed E-state index contributed by atoms with van der Waals surface area (Å²) in [5.41, 5.74) is 1.34. The number of rotatable bonds is 5. The molecule has 2 nitrogen and oxygen atoms in total. The van der Waals surface area contributed by atoms with Crippen LogP contribution in [-0.4, -0.2) is 22.6 Å². The standard InChI is InChI=1S/C21H30N2S/c24-21(22-20-14-8-3-9-15-20)23(16-18-10-4-1-5-11-18)17-19-12-6-2-7-13-19/h1-2,4-6,10-11,19-20H,3,7-9,12-17H2,(H,22,24). The van der Waals surface area contributed by atoms with Crippen LogP contribution in [0.15, 0.2) is 42.5 Å². The molecule has 1 unspecified atom stereocenters. The molecule has 0 spiro atoms. The topological polar surface area (TPSA) is 15.3 Å². The number of nitrogens with zero attached hydrogens (tertiary/aromatic N) is 1. The summed E-state index contributed by atoms with van der Waals surface area (Å²) in [4.78, 5) is 2.41. The van der Waals surface area contributed by atoms with Gasteiger partial charge in [0.1, 0.15) is 0 Å². The molecule has 0 bridgehead atoms. The van der Waals surface area contributed by atoms with Crippen LogP contribution in [0.5, 0.6) is 0 Å². The Morgan fingerprint density at radius 1 is 1.04 bits per heavy atom. The molecule has 2 aliphatic carbocycles. The maximum atomic E-state index is 5.82. The van der Waals surface area contributed by atoms with E-state index in [1.54, 1.807) is 0 Å². The molecule has 0 saturated heterocycles. The van der Waals surface area contributed by atoms with Crippen molar-refractivity contribution >= 4 is 17.3 Å². The summed E-state index contributed by atoms with van der Waals surface area (Å²) in [7, 11) is 0. The number of benzene rings is 1. The van der Waals surface area contributed by atoms with E-state index in [0.717, 1.165) is 24.1 Å². The predicted molar refractivity (Wildman–Crippen MR) is 106 cm³/mol. The second-order valence-electron chi connectivity index (χ2n) is 7.30. The van der Waals surface area contributed by atoms with Crippen LogP contribution in [0.4, 0.5) is 0 Å². The molecular weight excluding hydrogens is 312 g/mol. The van der Waals surface area contributed by atoms with Crippen molar-refractivity contribution < 1.29 is 0 Å². The number of hydrogen-bond acceptors (Lipinski definition) is 1. The van der Waals surface area contributed by atoms with Crippen LogP contribution in [0.25, 0.3) is 0 Å². The Morgan fingerprint density at radius 2 is 1.83 bits per heavy atom. The molecule has 0 aliphatic heterocycles. The zero-order chi connectivity index (χ0) is 16.6. The van der Waals surface area contributed by atoms with Crippen LogP contribution < -0.4 is 5.32 Å². The predicted octanol–water partition coefficient (Wildman–Crippen LogP) is 5.05. The van der Waals surface area contributed by atoms with Crippen LogP contribution in [0, 0.1) is 5.92 Å². The third-order valence-corrected chi connectivity index (χ3v) is 5.67. The van der Waals surface area contributed by atoms with Crippen molar-refractivity contribution in [1.29, 1.82) is 0 Å². The Bertz CT molecular complexity index is 534. The van der Waals surface area contributed by atoms with E-state index in [2.05, 4.69) is 52.7 Å². The highest BCUT2D eigenvalue weighted by molar-refractivity contribution is 7.80. The van der Waals surface area contributed by atoms with Crippen molar-refractivity contribution in [1.82, 2.24) is 10.2 Å². The fraction of sp³-hybridized carbons (Fsp3) is 0.571. The maximum Gasteiger partial charge on any atom is 0.169 e. The summed E-state index contributed by atoms with van der Waals surface area (Å²) >= 11 is 5.82. The third-order valence-electron chi connectivity index (χ3n) is 5.29. The van der Waals surface area contributed by atoms with E-state index in [1.807, 2.05) is 0 Å². The lowest BCUT2D eigenvalue weighted by molar-refractivity contribution is 0.303. The average Bonchev–Trinajstić information content (AvgIpc) is 2.64. The van der Waals surface area contributed by atoms with E-state index in [-0.39, 0.29) is 0 Å². The first-order valence-electron chi connectivity index (χ1n) is 9.55. The Labute approximate surface area is 152 Å². The molecule has 1 atom stereocenters. The molecule has 3 heteroatoms. The number of nitrogens with one attached hydrogen (secondary N) is 1. The van der Waals surface area contributed by atoms with Gasteiger partial charge in [-0.15, -0.1) is 0 Å². The van der Waals surface area contributed by atoms with Gasteiger partial charge < -0.3 is 10.2 Å². The number of thiocarbonyl (C=S) groups is 1. The number of hydrogen-bond donors (Lipinski definition) is 1. The Hall–Kier alpha value is -1.35. The van der Waals surface area contributed by atoms with Gasteiger partial charge >= 0.3 is 0 Å². The van der Waals surface area contributed by atoms with Crippen molar-refractivity contribution in [3.8, 4) is 0 Å². The molecular formula is C21H30N2S. The van der Waals surface area contributed by atoms with E-state index in [0.29, 0.717) is 6.04 Å². The van der Waals surface area contributed by atoms with Gasteiger partial charge in [0.25, 0.3) is 0 Å². The number of allylic oxidation sites excluding steroid dienone is 2. The van der Waals surface area contributed by atoms with Gasteiger partial charge in [0, 0.05) is 19.1 Å². The van der Waals surface area contributed by atoms with Crippen molar-refractivity contribution in [2.45, 2.75) is 64.0 Å². The van der Waals surface area contributed by atoms with Gasteiger partial charge in [0.15, 0.2) is 5.11 Å². The van der Waals surface area contributed by atoms with Gasteiger partial charge in [-0.05, 0) is 55.8 Å². The van der Waals surface area contributed by atoms with E-state index >= 15 is 0 Å². The first-order chi connectivity index (χ1) is 11.8. The highest BCUT2D eigenvalue weighted by Gasteiger charge is 2.20. The molecule has 0 aromatic heterocycles. The molecule has 0 radical (unpaired) electrons. The largest absolute Gasteiger partial charge is 0.360 e. The highest BCUT2D eigenvalue weighted by atomic mass is 32.1. The molecule has 0 amide bonds. The molecule has 130 valence electrons. The summed E-state index contributed by atoms with van der Waals surface area (Å²) in [6.07, 6.45) is 14.9. The zero-order valence-electron chi connectivity index (χ0n) is 14.6. The fourth-order valence-electron chi connectivity index (χ4n) is 3.87. The van der Waals surface area contributed by atoms with E-state index in [1.165, 1.54) is 56.9 Å². The smallest absolute Gasteiger partial charge is 0.169 e. The maximum absolute atomic E-state index is 5.82. The van der Waals surface area contributed by atoms with Gasteiger partial charge in [-0.1, -0.05) is 61.7 Å². The van der Waals surface area contributed by atoms with Gasteiger partial charge in [-0.2, -0.15) is 0 Å². The van der Waals surface area contributed by atoms with Crippen LogP contribution in [-0.2, 0) is 6.54 Å². The van der Waals surface area contributed by atoms with Gasteiger partial charge in [-0.3, -0.25) is 0 Å². The minimum Gasteiger partial charge on any atom is -0.360 e. The minimum atomic E-state index is 0.579. The normalized spacial score (nSPS) is 21.4. The molecule has 2 aliphatic rings. The summed E-state index contributed by atoms with van der Waals surface area (Å²) in [5, 5.41) is 4.63. The second kappa shape index (κ2) is 9.22. The molecule has 1 saturated carbocycles. The third kappa shape index (κ3) is 5.34. The SMILES string of the molecule is S=C(NC1CCCCC1)N(Cc1ccccc1)CC1CC=CCC1. The molecule has 1 aromatic rings. The van der Waals surface area contributed by atoms with E-state index < -0.39 is 0 Å². The van der Waals surface area contributed by atoms with E-state index in [9.17, 15) is 0 Å². The Balaban J connectivity index is 1.63. The van der Waals surface area contributed by atoms with E-state index in [4.69, 9.17) is 12.2 Å². The molecule has 1 aromatic carbocycles. The van der Waals surface area contributed by atoms with Crippen LogP contribution in [0.1, 0.15) is 56.9 Å². The lowest BCUT2D eigenvalue weighted by atomic mass is 9.93. The van der Waals surface area contributed by atoms with Crippen LogP contribution in [0.3, 0.4) is 0 Å². The summed E-state index contributed by atoms with van der Waals surface area (Å²) in [5.74, 6) is 0.727. The Morgan fingerprint density at radius 3 is 2.54 bits per heavy atom. The van der Waals surface area contributed by atoms with Crippen molar-refractivity contribution in [2.24, 2.45) is 5.92 Å². The molecule has 3 rings (SSSR count). The van der Waals surface area contributed by atoms with Crippen LogP contribution >= 0.6 is 12.2 Å². The summed E-state index contributed by atoms with van der Waals surface area (Å²) in [6.45, 7) is 1.98. The van der Waals surface area contributed by atoms with Crippen molar-refractivity contribution in [2.75, 3.05) is 6.54 Å². The minimum absolute atomic E-state index is 0.579. The monoisotopic (exact) mass is 342 g/mol. The highest BCUT2D eigenvalue weighted by Crippen LogP contribution is 2.22. The van der Waals surface area contributed by atoms with Crippen LogP contribution in [0.2, 0.25) is 0 Å². The lowest BCUT2D eigenvalue weighted by Gasteiger charge is -2.33. The molecule has 0 heterocycles. The first kappa shape index (κ1) is 17.5.